The first kappa shape index (κ1) is 22.2. The van der Waals surface area contributed by atoms with E-state index in [1.165, 1.54) is 12.1 Å². The fourth-order valence-corrected chi connectivity index (χ4v) is 5.36. The maximum Gasteiger partial charge on any atom is 0.337 e. The highest BCUT2D eigenvalue weighted by Gasteiger charge is 2.72. The Labute approximate surface area is 179 Å². The number of fused-ring (bicyclic) bond motifs is 1. The number of carbonyl (C=O) groups excluding carboxylic acids is 2. The fourth-order valence-electron chi connectivity index (χ4n) is 4.88. The Bertz CT molecular complexity index is 968. The molecule has 0 radical (unpaired) electrons. The zero-order valence-electron chi connectivity index (χ0n) is 17.0. The van der Waals surface area contributed by atoms with E-state index >= 15 is 0 Å². The SMILES string of the molecule is CCC(O)(CC)C1C2OC3C(OC(=O)C31)C2OCC(=O)Oc1ccc(S(=O)(=O)O)cc1. The van der Waals surface area contributed by atoms with Gasteiger partial charge in [-0.3, -0.25) is 9.35 Å². The highest BCUT2D eigenvalue weighted by molar-refractivity contribution is 7.85. The van der Waals surface area contributed by atoms with E-state index in [0.29, 0.717) is 12.8 Å². The summed E-state index contributed by atoms with van der Waals surface area (Å²) in [7, 11) is -4.35. The molecular formula is C20H24O10S. The molecule has 3 fully saturated rings. The molecule has 3 aliphatic heterocycles. The Kier molecular flexibility index (Phi) is 5.59. The molecule has 11 heteroatoms. The van der Waals surface area contributed by atoms with Gasteiger partial charge in [-0.1, -0.05) is 13.8 Å². The molecule has 2 N–H and O–H groups in total. The van der Waals surface area contributed by atoms with Crippen molar-refractivity contribution in [1.82, 2.24) is 0 Å². The van der Waals surface area contributed by atoms with Gasteiger partial charge in [0, 0.05) is 5.92 Å². The molecular weight excluding hydrogens is 432 g/mol. The van der Waals surface area contributed by atoms with E-state index < -0.39 is 70.5 Å². The van der Waals surface area contributed by atoms with Crippen LogP contribution in [0.3, 0.4) is 0 Å². The summed E-state index contributed by atoms with van der Waals surface area (Å²) in [5, 5.41) is 11.1. The molecule has 0 amide bonds. The Morgan fingerprint density at radius 3 is 2.35 bits per heavy atom. The first-order valence-electron chi connectivity index (χ1n) is 10.1. The number of ether oxygens (including phenoxy) is 4. The van der Waals surface area contributed by atoms with Gasteiger partial charge in [0.1, 0.15) is 24.6 Å². The minimum absolute atomic E-state index is 0.0711. The Morgan fingerprint density at radius 2 is 1.77 bits per heavy atom. The summed E-state index contributed by atoms with van der Waals surface area (Å²) in [6.45, 7) is 3.22. The summed E-state index contributed by atoms with van der Waals surface area (Å²) in [4.78, 5) is 24.3. The lowest BCUT2D eigenvalue weighted by Crippen LogP contribution is -2.53. The molecule has 3 aliphatic rings. The van der Waals surface area contributed by atoms with E-state index in [-0.39, 0.29) is 10.6 Å². The smallest absolute Gasteiger partial charge is 0.337 e. The minimum atomic E-state index is -4.35. The van der Waals surface area contributed by atoms with Crippen molar-refractivity contribution in [2.75, 3.05) is 6.61 Å². The normalized spacial score (nSPS) is 31.7. The van der Waals surface area contributed by atoms with Crippen molar-refractivity contribution in [3.63, 3.8) is 0 Å². The summed E-state index contributed by atoms with van der Waals surface area (Å²) in [6, 6.07) is 4.65. The highest BCUT2D eigenvalue weighted by Crippen LogP contribution is 2.55. The maximum atomic E-state index is 12.4. The molecule has 10 nitrogen and oxygen atoms in total. The van der Waals surface area contributed by atoms with Gasteiger partial charge < -0.3 is 24.1 Å². The van der Waals surface area contributed by atoms with Crippen LogP contribution in [0.2, 0.25) is 0 Å². The van der Waals surface area contributed by atoms with Gasteiger partial charge >= 0.3 is 11.9 Å². The molecule has 1 aromatic rings. The van der Waals surface area contributed by atoms with E-state index in [1.807, 2.05) is 13.8 Å². The lowest BCUT2D eigenvalue weighted by molar-refractivity contribution is -0.150. The second-order valence-corrected chi connectivity index (χ2v) is 9.45. The van der Waals surface area contributed by atoms with E-state index in [4.69, 9.17) is 23.5 Å². The molecule has 6 unspecified atom stereocenters. The molecule has 170 valence electrons. The molecule has 0 aromatic heterocycles. The molecule has 6 atom stereocenters. The van der Waals surface area contributed by atoms with Gasteiger partial charge in [-0.15, -0.1) is 0 Å². The van der Waals surface area contributed by atoms with E-state index in [1.54, 1.807) is 0 Å². The van der Waals surface area contributed by atoms with Crippen LogP contribution in [0.4, 0.5) is 0 Å². The maximum absolute atomic E-state index is 12.4. The van der Waals surface area contributed by atoms with Crippen molar-refractivity contribution in [2.45, 2.75) is 61.6 Å². The number of aliphatic hydroxyl groups is 1. The first-order chi connectivity index (χ1) is 14.6. The third-order valence-corrected chi connectivity index (χ3v) is 7.36. The number of rotatable bonds is 8. The molecule has 3 saturated heterocycles. The van der Waals surface area contributed by atoms with E-state index in [2.05, 4.69) is 0 Å². The van der Waals surface area contributed by atoms with Crippen LogP contribution < -0.4 is 4.74 Å². The van der Waals surface area contributed by atoms with E-state index in [9.17, 15) is 23.1 Å². The molecule has 31 heavy (non-hydrogen) atoms. The minimum Gasteiger partial charge on any atom is -0.456 e. The zero-order valence-corrected chi connectivity index (χ0v) is 17.8. The van der Waals surface area contributed by atoms with Crippen molar-refractivity contribution >= 4 is 22.1 Å². The molecule has 0 spiro atoms. The summed E-state index contributed by atoms with van der Waals surface area (Å²) in [5.41, 5.74) is -1.12. The van der Waals surface area contributed by atoms with Gasteiger partial charge in [0.05, 0.1) is 22.5 Å². The Balaban J connectivity index is 1.42. The van der Waals surface area contributed by atoms with Gasteiger partial charge in [0.15, 0.2) is 6.10 Å². The number of hydrogen-bond acceptors (Lipinski definition) is 9. The average Bonchev–Trinajstić information content (AvgIpc) is 3.34. The predicted octanol–water partition coefficient (Wildman–Crippen LogP) is 0.714. The van der Waals surface area contributed by atoms with Gasteiger partial charge in [-0.05, 0) is 37.1 Å². The van der Waals surface area contributed by atoms with Crippen LogP contribution in [0.25, 0.3) is 0 Å². The van der Waals surface area contributed by atoms with Crippen LogP contribution >= 0.6 is 0 Å². The van der Waals surface area contributed by atoms with Gasteiger partial charge in [0.25, 0.3) is 10.1 Å². The predicted molar refractivity (Wildman–Crippen MR) is 103 cm³/mol. The molecule has 4 rings (SSSR count). The van der Waals surface area contributed by atoms with Gasteiger partial charge in [-0.25, -0.2) is 4.79 Å². The standard InChI is InChI=1S/C20H24O10S/c1-3-20(23,4-2)14-13-15-18(30-19(13)22)17(16(14)29-15)27-9-12(21)28-10-5-7-11(8-6-10)31(24,25)26/h5-8,13-18,23H,3-4,9H2,1-2H3,(H,24,25,26). The third kappa shape index (κ3) is 3.74. The second-order valence-electron chi connectivity index (χ2n) is 8.03. The highest BCUT2D eigenvalue weighted by atomic mass is 32.2. The van der Waals surface area contributed by atoms with Crippen LogP contribution in [0.15, 0.2) is 29.2 Å². The van der Waals surface area contributed by atoms with Crippen LogP contribution in [-0.2, 0) is 33.9 Å². The van der Waals surface area contributed by atoms with Gasteiger partial charge in [0.2, 0.25) is 0 Å². The summed E-state index contributed by atoms with van der Waals surface area (Å²) < 4.78 is 53.3. The first-order valence-corrected chi connectivity index (χ1v) is 11.5. The number of esters is 2. The molecule has 3 heterocycles. The molecule has 1 aromatic carbocycles. The average molecular weight is 456 g/mol. The van der Waals surface area contributed by atoms with Crippen molar-refractivity contribution in [3.05, 3.63) is 24.3 Å². The zero-order chi connectivity index (χ0) is 22.6. The lowest BCUT2D eigenvalue weighted by atomic mass is 9.67. The van der Waals surface area contributed by atoms with Crippen LogP contribution in [-0.4, -0.2) is 66.6 Å². The van der Waals surface area contributed by atoms with E-state index in [0.717, 1.165) is 12.1 Å². The molecule has 0 aliphatic carbocycles. The van der Waals surface area contributed by atoms with Crippen molar-refractivity contribution in [3.8, 4) is 5.75 Å². The molecule has 2 bridgehead atoms. The summed E-state index contributed by atoms with van der Waals surface area (Å²) >= 11 is 0. The van der Waals surface area contributed by atoms with Crippen LogP contribution in [0.5, 0.6) is 5.75 Å². The number of benzene rings is 1. The van der Waals surface area contributed by atoms with Crippen molar-refractivity contribution in [1.29, 1.82) is 0 Å². The lowest BCUT2D eigenvalue weighted by Gasteiger charge is -2.39. The monoisotopic (exact) mass is 456 g/mol. The Hall–Kier alpha value is -2.05. The third-order valence-electron chi connectivity index (χ3n) is 6.50. The summed E-state index contributed by atoms with van der Waals surface area (Å²) in [6.07, 6.45) is -1.58. The van der Waals surface area contributed by atoms with Crippen LogP contribution in [0, 0.1) is 11.8 Å². The number of hydrogen-bond donors (Lipinski definition) is 2. The Morgan fingerprint density at radius 1 is 1.13 bits per heavy atom. The quantitative estimate of drug-likeness (QED) is 0.326. The topological polar surface area (TPSA) is 146 Å². The van der Waals surface area contributed by atoms with Crippen LogP contribution in [0.1, 0.15) is 26.7 Å². The fraction of sp³-hybridized carbons (Fsp3) is 0.600. The number of carbonyl (C=O) groups is 2. The van der Waals surface area contributed by atoms with Crippen molar-refractivity contribution in [2.24, 2.45) is 11.8 Å². The van der Waals surface area contributed by atoms with Gasteiger partial charge in [-0.2, -0.15) is 8.42 Å². The van der Waals surface area contributed by atoms with Crippen molar-refractivity contribution < 1.29 is 46.6 Å². The molecule has 0 saturated carbocycles. The largest absolute Gasteiger partial charge is 0.456 e. The second kappa shape index (κ2) is 7.82. The summed E-state index contributed by atoms with van der Waals surface area (Å²) in [5.74, 6) is -2.14.